The summed E-state index contributed by atoms with van der Waals surface area (Å²) in [6.07, 6.45) is 7.49. The first-order chi connectivity index (χ1) is 14.5. The molecule has 0 unspecified atom stereocenters. The summed E-state index contributed by atoms with van der Waals surface area (Å²) >= 11 is 11.9. The summed E-state index contributed by atoms with van der Waals surface area (Å²) in [7, 11) is 0. The van der Waals surface area contributed by atoms with Gasteiger partial charge < -0.3 is 4.74 Å². The molecule has 160 valence electrons. The van der Waals surface area contributed by atoms with E-state index < -0.39 is 0 Å². The van der Waals surface area contributed by atoms with E-state index in [9.17, 15) is 4.79 Å². The van der Waals surface area contributed by atoms with Crippen LogP contribution in [0, 0.1) is 0 Å². The number of hydrogen-bond acceptors (Lipinski definition) is 3. The molecular weight excluding hydrogens is 419 g/mol. The monoisotopic (exact) mass is 446 g/mol. The zero-order valence-electron chi connectivity index (χ0n) is 17.3. The quantitative estimate of drug-likeness (QED) is 0.277. The van der Waals surface area contributed by atoms with Crippen molar-refractivity contribution in [2.24, 2.45) is 5.10 Å². The first kappa shape index (κ1) is 22.6. The number of carbonyl (C=O) groups excluding carboxylic acids is 1. The van der Waals surface area contributed by atoms with Crippen molar-refractivity contribution in [3.8, 4) is 5.75 Å². The van der Waals surface area contributed by atoms with Crippen molar-refractivity contribution in [2.45, 2.75) is 57.8 Å². The Hall–Kier alpha value is -2.04. The molecule has 1 amide bonds. The number of amides is 1. The van der Waals surface area contributed by atoms with Gasteiger partial charge in [-0.3, -0.25) is 4.79 Å². The zero-order valence-corrected chi connectivity index (χ0v) is 18.8. The molecule has 0 bridgehead atoms. The molecule has 6 heteroatoms. The van der Waals surface area contributed by atoms with Crippen molar-refractivity contribution in [1.29, 1.82) is 0 Å². The number of benzene rings is 2. The number of halogens is 2. The van der Waals surface area contributed by atoms with E-state index in [-0.39, 0.29) is 5.91 Å². The minimum absolute atomic E-state index is 0.140. The summed E-state index contributed by atoms with van der Waals surface area (Å²) in [6.45, 7) is 2.29. The molecule has 1 N–H and O–H groups in total. The van der Waals surface area contributed by atoms with Gasteiger partial charge in [0.25, 0.3) is 0 Å². The van der Waals surface area contributed by atoms with Crippen molar-refractivity contribution in [1.82, 2.24) is 5.43 Å². The second-order valence-corrected chi connectivity index (χ2v) is 8.56. The fourth-order valence-electron chi connectivity index (χ4n) is 3.71. The SMILES string of the molecule is C/C(=N\NC(=O)CCCOc1ccc(Cl)cc1Cl)c1ccc(C2CCCCC2)cc1. The Balaban J connectivity index is 1.41. The van der Waals surface area contributed by atoms with Gasteiger partial charge in [-0.2, -0.15) is 5.10 Å². The van der Waals surface area contributed by atoms with Gasteiger partial charge in [-0.1, -0.05) is 66.7 Å². The molecule has 0 aliphatic heterocycles. The van der Waals surface area contributed by atoms with Crippen LogP contribution in [0.1, 0.15) is 68.9 Å². The fraction of sp³-hybridized carbons (Fsp3) is 0.417. The number of nitrogens with one attached hydrogen (secondary N) is 1. The second-order valence-electron chi connectivity index (χ2n) is 7.72. The lowest BCUT2D eigenvalue weighted by Crippen LogP contribution is -2.19. The van der Waals surface area contributed by atoms with Crippen LogP contribution in [-0.2, 0) is 4.79 Å². The standard InChI is InChI=1S/C24H28Cl2N2O2/c1-17(18-9-11-20(12-10-18)19-6-3-2-4-7-19)27-28-24(29)8-5-15-30-23-14-13-21(25)16-22(23)26/h9-14,16,19H,2-8,15H2,1H3,(H,28,29)/b27-17+. The molecule has 30 heavy (non-hydrogen) atoms. The summed E-state index contributed by atoms with van der Waals surface area (Å²) in [5, 5.41) is 5.26. The van der Waals surface area contributed by atoms with Crippen LogP contribution in [0.2, 0.25) is 10.0 Å². The summed E-state index contributed by atoms with van der Waals surface area (Å²) < 4.78 is 5.59. The number of hydrazone groups is 1. The van der Waals surface area contributed by atoms with Crippen LogP contribution in [0.3, 0.4) is 0 Å². The lowest BCUT2D eigenvalue weighted by atomic mass is 9.84. The molecule has 2 aromatic carbocycles. The van der Waals surface area contributed by atoms with Gasteiger partial charge in [-0.25, -0.2) is 5.43 Å². The van der Waals surface area contributed by atoms with Crippen molar-refractivity contribution >= 4 is 34.8 Å². The van der Waals surface area contributed by atoms with Gasteiger partial charge in [0.15, 0.2) is 0 Å². The van der Waals surface area contributed by atoms with Gasteiger partial charge in [-0.05, 0) is 61.4 Å². The Kier molecular flexibility index (Phi) is 8.59. The average molecular weight is 447 g/mol. The lowest BCUT2D eigenvalue weighted by Gasteiger charge is -2.22. The Morgan fingerprint density at radius 1 is 1.10 bits per heavy atom. The van der Waals surface area contributed by atoms with Crippen molar-refractivity contribution in [2.75, 3.05) is 6.61 Å². The number of carbonyl (C=O) groups is 1. The summed E-state index contributed by atoms with van der Waals surface area (Å²) in [5.41, 5.74) is 5.86. The minimum atomic E-state index is -0.140. The van der Waals surface area contributed by atoms with E-state index in [1.807, 2.05) is 6.92 Å². The molecule has 3 rings (SSSR count). The van der Waals surface area contributed by atoms with E-state index >= 15 is 0 Å². The third-order valence-corrected chi connectivity index (χ3v) is 5.98. The number of nitrogens with zero attached hydrogens (tertiary/aromatic N) is 1. The maximum Gasteiger partial charge on any atom is 0.240 e. The maximum absolute atomic E-state index is 12.0. The molecule has 2 aromatic rings. The number of ether oxygens (including phenoxy) is 1. The van der Waals surface area contributed by atoms with E-state index in [0.29, 0.717) is 41.2 Å². The first-order valence-corrected chi connectivity index (χ1v) is 11.3. The van der Waals surface area contributed by atoms with Crippen LogP contribution < -0.4 is 10.2 Å². The summed E-state index contributed by atoms with van der Waals surface area (Å²) in [5.74, 6) is 1.11. The van der Waals surface area contributed by atoms with Crippen LogP contribution in [0.15, 0.2) is 47.6 Å². The Labute approximate surface area is 188 Å². The van der Waals surface area contributed by atoms with Crippen LogP contribution in [0.5, 0.6) is 5.75 Å². The lowest BCUT2D eigenvalue weighted by molar-refractivity contribution is -0.121. The van der Waals surface area contributed by atoms with Crippen LogP contribution >= 0.6 is 23.2 Å². The molecule has 4 nitrogen and oxygen atoms in total. The Morgan fingerprint density at radius 2 is 1.83 bits per heavy atom. The van der Waals surface area contributed by atoms with Crippen LogP contribution in [0.4, 0.5) is 0 Å². The predicted octanol–water partition coefficient (Wildman–Crippen LogP) is 6.74. The topological polar surface area (TPSA) is 50.7 Å². The molecule has 0 atom stereocenters. The van der Waals surface area contributed by atoms with Gasteiger partial charge >= 0.3 is 0 Å². The molecule has 0 radical (unpaired) electrons. The second kappa shape index (κ2) is 11.4. The van der Waals surface area contributed by atoms with Gasteiger partial charge in [0.2, 0.25) is 5.91 Å². The highest BCUT2D eigenvalue weighted by atomic mass is 35.5. The summed E-state index contributed by atoms with van der Waals surface area (Å²) in [4.78, 5) is 12.0. The largest absolute Gasteiger partial charge is 0.492 e. The molecule has 1 saturated carbocycles. The van der Waals surface area contributed by atoms with Crippen LogP contribution in [-0.4, -0.2) is 18.2 Å². The normalized spacial score (nSPS) is 15.1. The third kappa shape index (κ3) is 6.75. The molecular formula is C24H28Cl2N2O2. The molecule has 0 aromatic heterocycles. The van der Waals surface area contributed by atoms with E-state index in [0.717, 1.165) is 11.3 Å². The maximum atomic E-state index is 12.0. The molecule has 1 fully saturated rings. The molecule has 0 heterocycles. The number of rotatable bonds is 8. The first-order valence-electron chi connectivity index (χ1n) is 10.5. The van der Waals surface area contributed by atoms with Gasteiger partial charge in [-0.15, -0.1) is 0 Å². The van der Waals surface area contributed by atoms with Crippen molar-refractivity contribution in [3.63, 3.8) is 0 Å². The van der Waals surface area contributed by atoms with Crippen molar-refractivity contribution in [3.05, 3.63) is 63.6 Å². The highest BCUT2D eigenvalue weighted by Gasteiger charge is 2.15. The average Bonchev–Trinajstić information content (AvgIpc) is 2.77. The smallest absolute Gasteiger partial charge is 0.240 e. The Morgan fingerprint density at radius 3 is 2.53 bits per heavy atom. The van der Waals surface area contributed by atoms with Gasteiger partial charge in [0.1, 0.15) is 5.75 Å². The van der Waals surface area contributed by atoms with Gasteiger partial charge in [0.05, 0.1) is 17.3 Å². The van der Waals surface area contributed by atoms with E-state index in [1.54, 1.807) is 18.2 Å². The number of hydrogen-bond donors (Lipinski definition) is 1. The fourth-order valence-corrected chi connectivity index (χ4v) is 4.17. The third-order valence-electron chi connectivity index (χ3n) is 5.45. The molecule has 0 spiro atoms. The highest BCUT2D eigenvalue weighted by molar-refractivity contribution is 6.35. The van der Waals surface area contributed by atoms with Crippen molar-refractivity contribution < 1.29 is 9.53 Å². The Bertz CT molecular complexity index is 875. The van der Waals surface area contributed by atoms with Crippen LogP contribution in [0.25, 0.3) is 0 Å². The highest BCUT2D eigenvalue weighted by Crippen LogP contribution is 2.32. The van der Waals surface area contributed by atoms with E-state index in [1.165, 1.54) is 37.7 Å². The summed E-state index contributed by atoms with van der Waals surface area (Å²) in [6, 6.07) is 13.7. The minimum Gasteiger partial charge on any atom is -0.492 e. The van der Waals surface area contributed by atoms with Gasteiger partial charge in [0, 0.05) is 11.4 Å². The predicted molar refractivity (Wildman–Crippen MR) is 124 cm³/mol. The zero-order chi connectivity index (χ0) is 21.3. The molecule has 1 aliphatic carbocycles. The van der Waals surface area contributed by atoms with E-state index in [2.05, 4.69) is 34.8 Å². The van der Waals surface area contributed by atoms with E-state index in [4.69, 9.17) is 27.9 Å². The molecule has 1 aliphatic rings. The molecule has 0 saturated heterocycles.